The van der Waals surface area contributed by atoms with Crippen LogP contribution in [0.4, 0.5) is 0 Å². The van der Waals surface area contributed by atoms with Gasteiger partial charge in [0, 0.05) is 19.5 Å². The largest absolute Gasteiger partial charge is 0.508 e. The summed E-state index contributed by atoms with van der Waals surface area (Å²) in [6, 6.07) is 7.15. The summed E-state index contributed by atoms with van der Waals surface area (Å²) in [4.78, 5) is 11.5. The zero-order valence-electron chi connectivity index (χ0n) is 9.15. The molecule has 1 aliphatic heterocycles. The molecule has 0 saturated carbocycles. The molecule has 1 amide bonds. The summed E-state index contributed by atoms with van der Waals surface area (Å²) in [5.41, 5.74) is 4.12. The fourth-order valence-corrected chi connectivity index (χ4v) is 1.83. The maximum atomic E-state index is 11.5. The predicted molar refractivity (Wildman–Crippen MR) is 60.8 cm³/mol. The lowest BCUT2D eigenvalue weighted by Gasteiger charge is -2.27. The van der Waals surface area contributed by atoms with E-state index in [1.807, 2.05) is 12.1 Å². The molecule has 0 bridgehead atoms. The van der Waals surface area contributed by atoms with Crippen LogP contribution in [-0.4, -0.2) is 29.1 Å². The summed E-state index contributed by atoms with van der Waals surface area (Å²) in [5.74, 6) is 0.432. The Morgan fingerprint density at radius 2 is 2.31 bits per heavy atom. The van der Waals surface area contributed by atoms with Crippen molar-refractivity contribution in [2.75, 3.05) is 13.1 Å². The molecule has 1 aliphatic rings. The van der Waals surface area contributed by atoms with Crippen LogP contribution < -0.4 is 5.43 Å². The second kappa shape index (κ2) is 4.99. The summed E-state index contributed by atoms with van der Waals surface area (Å²) >= 11 is 0. The van der Waals surface area contributed by atoms with Crippen molar-refractivity contribution in [3.63, 3.8) is 0 Å². The Morgan fingerprint density at radius 3 is 3.06 bits per heavy atom. The van der Waals surface area contributed by atoms with Gasteiger partial charge in [-0.25, -0.2) is 5.43 Å². The molecule has 0 radical (unpaired) electrons. The first kappa shape index (κ1) is 11.0. The van der Waals surface area contributed by atoms with Crippen molar-refractivity contribution in [3.05, 3.63) is 29.8 Å². The number of phenols is 1. The Bertz CT molecular complexity index is 379. The number of hydrazine groups is 1. The Labute approximate surface area is 94.9 Å². The summed E-state index contributed by atoms with van der Waals surface area (Å²) in [6.45, 7) is 1.52. The molecule has 2 N–H and O–H groups in total. The Morgan fingerprint density at radius 1 is 1.44 bits per heavy atom. The van der Waals surface area contributed by atoms with Gasteiger partial charge in [0.15, 0.2) is 0 Å². The maximum absolute atomic E-state index is 11.5. The van der Waals surface area contributed by atoms with E-state index in [2.05, 4.69) is 5.43 Å². The number of benzene rings is 1. The molecule has 4 nitrogen and oxygen atoms in total. The van der Waals surface area contributed by atoms with Crippen LogP contribution in [0.5, 0.6) is 5.75 Å². The van der Waals surface area contributed by atoms with Crippen LogP contribution in [0.15, 0.2) is 24.3 Å². The second-order valence-corrected chi connectivity index (χ2v) is 3.98. The fraction of sp³-hybridized carbons (Fsp3) is 0.417. The molecule has 1 aromatic carbocycles. The van der Waals surface area contributed by atoms with Gasteiger partial charge in [-0.05, 0) is 30.5 Å². The third-order valence-corrected chi connectivity index (χ3v) is 2.71. The highest BCUT2D eigenvalue weighted by molar-refractivity contribution is 5.76. The van der Waals surface area contributed by atoms with E-state index in [4.69, 9.17) is 0 Å². The topological polar surface area (TPSA) is 52.6 Å². The molecule has 86 valence electrons. The number of rotatable bonds is 3. The smallest absolute Gasteiger partial charge is 0.236 e. The highest BCUT2D eigenvalue weighted by atomic mass is 16.3. The Balaban J connectivity index is 1.89. The zero-order valence-corrected chi connectivity index (χ0v) is 9.15. The van der Waals surface area contributed by atoms with Crippen molar-refractivity contribution in [1.82, 2.24) is 10.4 Å². The molecule has 16 heavy (non-hydrogen) atoms. The number of nitrogens with one attached hydrogen (secondary N) is 1. The number of carbonyl (C=O) groups is 1. The molecule has 2 rings (SSSR count). The Hall–Kier alpha value is -1.55. The monoisotopic (exact) mass is 220 g/mol. The molecule has 1 fully saturated rings. The van der Waals surface area contributed by atoms with Gasteiger partial charge < -0.3 is 5.11 Å². The van der Waals surface area contributed by atoms with Crippen molar-refractivity contribution in [3.8, 4) is 5.75 Å². The second-order valence-electron chi connectivity index (χ2n) is 3.98. The lowest BCUT2D eigenvalue weighted by Crippen LogP contribution is -2.47. The minimum atomic E-state index is 0.159. The van der Waals surface area contributed by atoms with Crippen LogP contribution in [0.1, 0.15) is 18.4 Å². The number of phenolic OH excluding ortho intramolecular Hbond substituents is 1. The number of nitrogens with zero attached hydrogens (tertiary/aromatic N) is 1. The molecule has 4 heteroatoms. The van der Waals surface area contributed by atoms with E-state index in [-0.39, 0.29) is 11.7 Å². The van der Waals surface area contributed by atoms with Gasteiger partial charge in [0.1, 0.15) is 5.75 Å². The van der Waals surface area contributed by atoms with E-state index in [1.54, 1.807) is 17.1 Å². The highest BCUT2D eigenvalue weighted by Gasteiger charge is 2.16. The van der Waals surface area contributed by atoms with Crippen molar-refractivity contribution >= 4 is 5.91 Å². The number of hydrogen-bond donors (Lipinski definition) is 2. The quantitative estimate of drug-likeness (QED) is 0.801. The number of aromatic hydroxyl groups is 1. The van der Waals surface area contributed by atoms with Gasteiger partial charge in [-0.15, -0.1) is 0 Å². The third-order valence-electron chi connectivity index (χ3n) is 2.71. The van der Waals surface area contributed by atoms with E-state index >= 15 is 0 Å². The molecule has 0 aliphatic carbocycles. The number of amides is 1. The molecule has 0 atom stereocenters. The average molecular weight is 220 g/mol. The minimum Gasteiger partial charge on any atom is -0.508 e. The first-order chi connectivity index (χ1) is 7.75. The first-order valence-electron chi connectivity index (χ1n) is 5.57. The predicted octanol–water partition coefficient (Wildman–Crippen LogP) is 1.06. The van der Waals surface area contributed by atoms with E-state index in [0.29, 0.717) is 13.0 Å². The summed E-state index contributed by atoms with van der Waals surface area (Å²) in [5, 5.41) is 11.0. The molecule has 1 heterocycles. The molecular formula is C12H16N2O2. The summed E-state index contributed by atoms with van der Waals surface area (Å²) in [7, 11) is 0. The maximum Gasteiger partial charge on any atom is 0.236 e. The molecule has 1 aromatic rings. The number of carbonyl (C=O) groups excluding carboxylic acids is 1. The standard InChI is InChI=1S/C12H16N2O2/c15-11-4-1-3-10(9-11)6-8-14-12(16)5-2-7-13-14/h1,3-4,9,13,15H,2,5-8H2. The number of hydrogen-bond acceptors (Lipinski definition) is 3. The van der Waals surface area contributed by atoms with Gasteiger partial charge in [-0.3, -0.25) is 9.80 Å². The summed E-state index contributed by atoms with van der Waals surface area (Å²) < 4.78 is 0. The summed E-state index contributed by atoms with van der Waals surface area (Å²) in [6.07, 6.45) is 2.31. The lowest BCUT2D eigenvalue weighted by molar-refractivity contribution is -0.136. The molecule has 0 aromatic heterocycles. The van der Waals surface area contributed by atoms with Gasteiger partial charge in [0.25, 0.3) is 0 Å². The van der Waals surface area contributed by atoms with Crippen LogP contribution in [0.2, 0.25) is 0 Å². The van der Waals surface area contributed by atoms with Crippen molar-refractivity contribution < 1.29 is 9.90 Å². The van der Waals surface area contributed by atoms with Gasteiger partial charge in [-0.1, -0.05) is 12.1 Å². The van der Waals surface area contributed by atoms with Crippen molar-refractivity contribution in [2.24, 2.45) is 0 Å². The fourth-order valence-electron chi connectivity index (χ4n) is 1.83. The Kier molecular flexibility index (Phi) is 3.41. The van der Waals surface area contributed by atoms with Gasteiger partial charge >= 0.3 is 0 Å². The van der Waals surface area contributed by atoms with Crippen LogP contribution in [0.25, 0.3) is 0 Å². The van der Waals surface area contributed by atoms with Gasteiger partial charge in [0.2, 0.25) is 5.91 Å². The SMILES string of the molecule is O=C1CCCNN1CCc1cccc(O)c1. The lowest BCUT2D eigenvalue weighted by atomic mass is 10.1. The highest BCUT2D eigenvalue weighted by Crippen LogP contribution is 2.12. The average Bonchev–Trinajstić information content (AvgIpc) is 2.28. The van der Waals surface area contributed by atoms with E-state index in [1.165, 1.54) is 0 Å². The molecule has 1 saturated heterocycles. The van der Waals surface area contributed by atoms with E-state index in [0.717, 1.165) is 24.9 Å². The van der Waals surface area contributed by atoms with Crippen LogP contribution in [0, 0.1) is 0 Å². The molecule has 0 spiro atoms. The van der Waals surface area contributed by atoms with Crippen molar-refractivity contribution in [2.45, 2.75) is 19.3 Å². The van der Waals surface area contributed by atoms with Crippen LogP contribution in [0.3, 0.4) is 0 Å². The van der Waals surface area contributed by atoms with Crippen LogP contribution in [-0.2, 0) is 11.2 Å². The normalized spacial score (nSPS) is 16.5. The van der Waals surface area contributed by atoms with Gasteiger partial charge in [-0.2, -0.15) is 0 Å². The molecule has 0 unspecified atom stereocenters. The van der Waals surface area contributed by atoms with Crippen LogP contribution >= 0.6 is 0 Å². The zero-order chi connectivity index (χ0) is 11.4. The molecular weight excluding hydrogens is 204 g/mol. The van der Waals surface area contributed by atoms with E-state index in [9.17, 15) is 9.90 Å². The first-order valence-corrected chi connectivity index (χ1v) is 5.57. The van der Waals surface area contributed by atoms with Crippen molar-refractivity contribution in [1.29, 1.82) is 0 Å². The van der Waals surface area contributed by atoms with E-state index < -0.39 is 0 Å². The third kappa shape index (κ3) is 2.73. The van der Waals surface area contributed by atoms with Gasteiger partial charge in [0.05, 0.1) is 0 Å². The minimum absolute atomic E-state index is 0.159.